The number of rotatable bonds is 2. The molecule has 1 aliphatic heterocycles. The zero-order valence-electron chi connectivity index (χ0n) is 14.3. The molecule has 1 atom stereocenters. The molecule has 26 heavy (non-hydrogen) atoms. The van der Waals surface area contributed by atoms with Gasteiger partial charge in [0.15, 0.2) is 9.84 Å². The summed E-state index contributed by atoms with van der Waals surface area (Å²) in [5.41, 5.74) is 1.24. The van der Waals surface area contributed by atoms with Gasteiger partial charge in [0.1, 0.15) is 5.82 Å². The van der Waals surface area contributed by atoms with Gasteiger partial charge >= 0.3 is 0 Å². The van der Waals surface area contributed by atoms with Crippen LogP contribution in [-0.4, -0.2) is 38.1 Å². The first-order valence-electron chi connectivity index (χ1n) is 8.31. The highest BCUT2D eigenvalue weighted by Gasteiger charge is 2.34. The van der Waals surface area contributed by atoms with Gasteiger partial charge in [-0.25, -0.2) is 12.8 Å². The number of hydrogen-bond acceptors (Lipinski definition) is 3. The number of amides is 1. The van der Waals surface area contributed by atoms with Gasteiger partial charge in [-0.3, -0.25) is 4.79 Å². The van der Waals surface area contributed by atoms with E-state index in [1.807, 2.05) is 0 Å². The van der Waals surface area contributed by atoms with E-state index in [-0.39, 0.29) is 36.7 Å². The lowest BCUT2D eigenvalue weighted by Gasteiger charge is -2.20. The molecule has 0 aromatic heterocycles. The van der Waals surface area contributed by atoms with Crippen LogP contribution in [0.2, 0.25) is 5.02 Å². The number of carbonyl (C=O) groups excluding carboxylic acids is 1. The third-order valence-electron chi connectivity index (χ3n) is 4.70. The van der Waals surface area contributed by atoms with Crippen molar-refractivity contribution in [2.45, 2.75) is 18.6 Å². The van der Waals surface area contributed by atoms with Gasteiger partial charge in [0.2, 0.25) is 0 Å². The highest BCUT2D eigenvalue weighted by Crippen LogP contribution is 2.34. The zero-order chi connectivity index (χ0) is 18.9. The quantitative estimate of drug-likeness (QED) is 0.777. The Hall–Kier alpha value is -1.92. The van der Waals surface area contributed by atoms with Gasteiger partial charge in [0.05, 0.1) is 11.0 Å². The van der Waals surface area contributed by atoms with E-state index in [1.54, 1.807) is 43.3 Å². The summed E-state index contributed by atoms with van der Waals surface area (Å²) in [7, 11) is -3.45. The van der Waals surface area contributed by atoms with Crippen LogP contribution in [0.1, 0.15) is 33.2 Å². The van der Waals surface area contributed by atoms with Crippen molar-refractivity contribution in [1.82, 2.24) is 4.90 Å². The third-order valence-corrected chi connectivity index (χ3v) is 7.15. The molecule has 1 fully saturated rings. The van der Waals surface area contributed by atoms with Gasteiger partial charge in [-0.15, -0.1) is 0 Å². The molecular weight excluding hydrogens is 377 g/mol. The lowest BCUT2D eigenvalue weighted by molar-refractivity contribution is 0.0766. The molecule has 1 heterocycles. The van der Waals surface area contributed by atoms with Crippen molar-refractivity contribution < 1.29 is 17.6 Å². The summed E-state index contributed by atoms with van der Waals surface area (Å²) in [5, 5.41) is -0.342. The van der Waals surface area contributed by atoms with Crippen LogP contribution in [0.25, 0.3) is 0 Å². The van der Waals surface area contributed by atoms with Crippen molar-refractivity contribution in [3.8, 4) is 0 Å². The predicted octanol–water partition coefficient (Wildman–Crippen LogP) is 3.79. The smallest absolute Gasteiger partial charge is 0.253 e. The van der Waals surface area contributed by atoms with E-state index in [0.29, 0.717) is 16.1 Å². The molecule has 0 N–H and O–H groups in total. The molecule has 0 radical (unpaired) electrons. The largest absolute Gasteiger partial charge is 0.338 e. The summed E-state index contributed by atoms with van der Waals surface area (Å²) < 4.78 is 39.2. The minimum atomic E-state index is -3.45. The molecule has 3 rings (SSSR count). The van der Waals surface area contributed by atoms with E-state index in [4.69, 9.17) is 11.6 Å². The number of sulfone groups is 1. The number of benzene rings is 2. The molecule has 2 aromatic carbocycles. The van der Waals surface area contributed by atoms with Crippen LogP contribution < -0.4 is 0 Å². The summed E-state index contributed by atoms with van der Waals surface area (Å²) in [4.78, 5) is 14.1. The van der Waals surface area contributed by atoms with Crippen molar-refractivity contribution >= 4 is 27.3 Å². The van der Waals surface area contributed by atoms with Crippen LogP contribution in [0, 0.1) is 12.7 Å². The van der Waals surface area contributed by atoms with Gasteiger partial charge in [-0.2, -0.15) is 0 Å². The fraction of sp³-hybridized carbons (Fsp3) is 0.316. The summed E-state index contributed by atoms with van der Waals surface area (Å²) in [5.74, 6) is -0.964. The van der Waals surface area contributed by atoms with E-state index in [9.17, 15) is 17.6 Å². The molecule has 1 saturated heterocycles. The molecular formula is C19H19ClFNO3S. The topological polar surface area (TPSA) is 54.5 Å². The Bertz CT molecular complexity index is 946. The Labute approximate surface area is 157 Å². The molecule has 7 heteroatoms. The van der Waals surface area contributed by atoms with Crippen LogP contribution in [-0.2, 0) is 9.84 Å². The summed E-state index contributed by atoms with van der Waals surface area (Å²) >= 11 is 6.18. The molecule has 0 aliphatic carbocycles. The number of nitrogens with zero attached hydrogens (tertiary/aromatic N) is 1. The van der Waals surface area contributed by atoms with Gasteiger partial charge in [0, 0.05) is 23.7 Å². The maximum absolute atomic E-state index is 13.8. The fourth-order valence-electron chi connectivity index (χ4n) is 3.14. The molecule has 2 aromatic rings. The number of hydrogen-bond donors (Lipinski definition) is 0. The monoisotopic (exact) mass is 395 g/mol. The highest BCUT2D eigenvalue weighted by molar-refractivity contribution is 7.91. The van der Waals surface area contributed by atoms with Crippen LogP contribution in [0.15, 0.2) is 42.5 Å². The van der Waals surface area contributed by atoms with Gasteiger partial charge < -0.3 is 4.90 Å². The van der Waals surface area contributed by atoms with Crippen molar-refractivity contribution in [2.75, 3.05) is 18.8 Å². The van der Waals surface area contributed by atoms with Crippen LogP contribution in [0.5, 0.6) is 0 Å². The lowest BCUT2D eigenvalue weighted by atomic mass is 10.1. The van der Waals surface area contributed by atoms with E-state index >= 15 is 0 Å². The van der Waals surface area contributed by atoms with Crippen molar-refractivity contribution in [2.24, 2.45) is 0 Å². The maximum Gasteiger partial charge on any atom is 0.253 e. The number of aryl methyl sites for hydroxylation is 1. The van der Waals surface area contributed by atoms with Gasteiger partial charge in [0.25, 0.3) is 5.91 Å². The molecule has 138 valence electrons. The minimum Gasteiger partial charge on any atom is -0.338 e. The SMILES string of the molecule is Cc1ccc(C(=O)N2CCC(c3ccccc3Cl)S(=O)(=O)CC2)cc1F. The second-order valence-corrected chi connectivity index (χ2v) is 9.13. The predicted molar refractivity (Wildman–Crippen MR) is 99.6 cm³/mol. The van der Waals surface area contributed by atoms with E-state index in [1.165, 1.54) is 11.0 Å². The Morgan fingerprint density at radius 3 is 2.62 bits per heavy atom. The molecule has 1 aliphatic rings. The summed E-state index contributed by atoms with van der Waals surface area (Å²) in [6.07, 6.45) is 0.256. The lowest BCUT2D eigenvalue weighted by Crippen LogP contribution is -2.33. The van der Waals surface area contributed by atoms with Gasteiger partial charge in [-0.1, -0.05) is 35.9 Å². The first-order chi connectivity index (χ1) is 12.3. The fourth-order valence-corrected chi connectivity index (χ4v) is 5.29. The second-order valence-electron chi connectivity index (χ2n) is 6.42. The Kier molecular flexibility index (Phi) is 5.34. The van der Waals surface area contributed by atoms with E-state index in [0.717, 1.165) is 0 Å². The first kappa shape index (κ1) is 18.9. The third kappa shape index (κ3) is 3.76. The normalized spacial score (nSPS) is 19.8. The first-order valence-corrected chi connectivity index (χ1v) is 10.4. The van der Waals surface area contributed by atoms with Gasteiger partial charge in [-0.05, 0) is 42.7 Å². The van der Waals surface area contributed by atoms with Crippen molar-refractivity contribution in [3.05, 3.63) is 70.0 Å². The average Bonchev–Trinajstić information content (AvgIpc) is 2.75. The minimum absolute atomic E-state index is 0.0810. The van der Waals surface area contributed by atoms with Crippen molar-refractivity contribution in [3.63, 3.8) is 0 Å². The van der Waals surface area contributed by atoms with Crippen LogP contribution >= 0.6 is 11.6 Å². The summed E-state index contributed by atoms with van der Waals surface area (Å²) in [6.45, 7) is 1.97. The van der Waals surface area contributed by atoms with E-state index < -0.39 is 20.9 Å². The Morgan fingerprint density at radius 1 is 1.19 bits per heavy atom. The number of halogens is 2. The zero-order valence-corrected chi connectivity index (χ0v) is 15.9. The Morgan fingerprint density at radius 2 is 1.92 bits per heavy atom. The highest BCUT2D eigenvalue weighted by atomic mass is 35.5. The standard InChI is InChI=1S/C19H19ClFNO3S/c1-13-6-7-14(12-17(13)21)19(23)22-9-8-18(26(24,25)11-10-22)15-4-2-3-5-16(15)20/h2-7,12,18H,8-11H2,1H3. The molecule has 1 unspecified atom stereocenters. The molecule has 0 saturated carbocycles. The van der Waals surface area contributed by atoms with Crippen LogP contribution in [0.3, 0.4) is 0 Å². The molecule has 1 amide bonds. The summed E-state index contributed by atoms with van der Waals surface area (Å²) in [6, 6.07) is 11.2. The van der Waals surface area contributed by atoms with Crippen LogP contribution in [0.4, 0.5) is 4.39 Å². The molecule has 0 spiro atoms. The number of carbonyl (C=O) groups is 1. The van der Waals surface area contributed by atoms with Crippen molar-refractivity contribution in [1.29, 1.82) is 0 Å². The molecule has 0 bridgehead atoms. The van der Waals surface area contributed by atoms with E-state index in [2.05, 4.69) is 0 Å². The average molecular weight is 396 g/mol. The maximum atomic E-state index is 13.8. The molecule has 4 nitrogen and oxygen atoms in total. The Balaban J connectivity index is 1.85. The second kappa shape index (κ2) is 7.37.